The molecule has 0 atom stereocenters. The van der Waals surface area contributed by atoms with E-state index in [4.69, 9.17) is 21.2 Å². The van der Waals surface area contributed by atoms with Gasteiger partial charge in [-0.3, -0.25) is 4.90 Å². The molecular weight excluding hydrogens is 438 g/mol. The third-order valence-corrected chi connectivity index (χ3v) is 5.86. The Morgan fingerprint density at radius 1 is 0.879 bits per heavy atom. The molecule has 4 rings (SSSR count). The number of nitrogens with zero attached hydrogens (tertiary/aromatic N) is 3. The maximum atomic E-state index is 12.4. The minimum Gasteiger partial charge on any atom is -0.497 e. The molecule has 0 bridgehead atoms. The molecule has 3 aromatic rings. The summed E-state index contributed by atoms with van der Waals surface area (Å²) in [6.07, 6.45) is 0. The highest BCUT2D eigenvalue weighted by molar-refractivity contribution is 6.30. The minimum absolute atomic E-state index is 0.406. The molecule has 170 valence electrons. The standard InChI is InChI=1S/C26H26ClN3O3/c1-32-24-13-11-23(12-14-24)30-17-15-29(16-18-30)19-25(20-5-3-2-4-6-20)28-33-26(31)21-7-9-22(27)10-8-21/h2-14H,15-19H2,1H3/b28-25+. The van der Waals surface area contributed by atoms with Crippen LogP contribution in [0.5, 0.6) is 5.75 Å². The van der Waals surface area contributed by atoms with Crippen LogP contribution in [-0.2, 0) is 4.84 Å². The number of anilines is 1. The molecule has 33 heavy (non-hydrogen) atoms. The number of hydrogen-bond donors (Lipinski definition) is 0. The lowest BCUT2D eigenvalue weighted by molar-refractivity contribution is 0.0514. The van der Waals surface area contributed by atoms with Crippen molar-refractivity contribution in [2.75, 3.05) is 44.7 Å². The molecule has 0 aliphatic carbocycles. The Morgan fingerprint density at radius 2 is 1.55 bits per heavy atom. The maximum absolute atomic E-state index is 12.4. The van der Waals surface area contributed by atoms with Gasteiger partial charge in [0.25, 0.3) is 0 Å². The monoisotopic (exact) mass is 463 g/mol. The third-order valence-electron chi connectivity index (χ3n) is 5.61. The second-order valence-corrected chi connectivity index (χ2v) is 8.19. The fourth-order valence-corrected chi connectivity index (χ4v) is 3.83. The van der Waals surface area contributed by atoms with E-state index in [-0.39, 0.29) is 0 Å². The zero-order valence-electron chi connectivity index (χ0n) is 18.5. The van der Waals surface area contributed by atoms with E-state index in [0.29, 0.717) is 17.1 Å². The van der Waals surface area contributed by atoms with E-state index in [1.54, 1.807) is 31.4 Å². The van der Waals surface area contributed by atoms with Crippen molar-refractivity contribution in [3.05, 3.63) is 95.0 Å². The quantitative estimate of drug-likeness (QED) is 0.288. The van der Waals surface area contributed by atoms with Crippen molar-refractivity contribution >= 4 is 29.0 Å². The van der Waals surface area contributed by atoms with E-state index in [2.05, 4.69) is 27.1 Å². The summed E-state index contributed by atoms with van der Waals surface area (Å²) < 4.78 is 5.25. The van der Waals surface area contributed by atoms with Gasteiger partial charge >= 0.3 is 5.97 Å². The fraction of sp³-hybridized carbons (Fsp3) is 0.231. The van der Waals surface area contributed by atoms with E-state index in [9.17, 15) is 4.79 Å². The van der Waals surface area contributed by atoms with Crippen molar-refractivity contribution in [3.8, 4) is 5.75 Å². The predicted molar refractivity (Wildman–Crippen MR) is 131 cm³/mol. The summed E-state index contributed by atoms with van der Waals surface area (Å²) in [4.78, 5) is 22.4. The number of benzene rings is 3. The largest absolute Gasteiger partial charge is 0.497 e. The molecule has 0 N–H and O–H groups in total. The first-order valence-corrected chi connectivity index (χ1v) is 11.2. The van der Waals surface area contributed by atoms with Crippen LogP contribution < -0.4 is 9.64 Å². The lowest BCUT2D eigenvalue weighted by atomic mass is 10.1. The van der Waals surface area contributed by atoms with Crippen LogP contribution in [-0.4, -0.2) is 56.4 Å². The average molecular weight is 464 g/mol. The summed E-state index contributed by atoms with van der Waals surface area (Å²) in [5.74, 6) is 0.346. The number of halogens is 1. The number of ether oxygens (including phenoxy) is 1. The van der Waals surface area contributed by atoms with Gasteiger partial charge < -0.3 is 14.5 Å². The third kappa shape index (κ3) is 6.12. The Hall–Kier alpha value is -3.35. The highest BCUT2D eigenvalue weighted by Gasteiger charge is 2.20. The Labute approximate surface area is 199 Å². The maximum Gasteiger partial charge on any atom is 0.365 e. The van der Waals surface area contributed by atoms with Crippen LogP contribution in [0.3, 0.4) is 0 Å². The summed E-state index contributed by atoms with van der Waals surface area (Å²) in [5.41, 5.74) is 3.24. The molecule has 1 saturated heterocycles. The van der Waals surface area contributed by atoms with E-state index in [1.807, 2.05) is 42.5 Å². The van der Waals surface area contributed by atoms with E-state index >= 15 is 0 Å². The van der Waals surface area contributed by atoms with Gasteiger partial charge in [0.2, 0.25) is 0 Å². The van der Waals surface area contributed by atoms with Crippen LogP contribution in [0.2, 0.25) is 5.02 Å². The van der Waals surface area contributed by atoms with Crippen LogP contribution in [0, 0.1) is 0 Å². The first-order valence-electron chi connectivity index (χ1n) is 10.8. The van der Waals surface area contributed by atoms with Gasteiger partial charge in [0.05, 0.1) is 12.7 Å². The van der Waals surface area contributed by atoms with Gasteiger partial charge in [0, 0.05) is 49.0 Å². The molecule has 1 aliphatic heterocycles. The summed E-state index contributed by atoms with van der Waals surface area (Å²) in [6.45, 7) is 4.15. The number of carbonyl (C=O) groups is 1. The molecule has 6 nitrogen and oxygen atoms in total. The number of oxime groups is 1. The molecule has 0 aromatic heterocycles. The predicted octanol–water partition coefficient (Wildman–Crippen LogP) is 4.73. The summed E-state index contributed by atoms with van der Waals surface area (Å²) in [6, 6.07) is 24.5. The van der Waals surface area contributed by atoms with E-state index < -0.39 is 5.97 Å². The number of methoxy groups -OCH3 is 1. The molecular formula is C26H26ClN3O3. The smallest absolute Gasteiger partial charge is 0.365 e. The van der Waals surface area contributed by atoms with Crippen molar-refractivity contribution < 1.29 is 14.4 Å². The summed E-state index contributed by atoms with van der Waals surface area (Å²) in [7, 11) is 1.67. The van der Waals surface area contributed by atoms with Crippen molar-refractivity contribution in [1.29, 1.82) is 0 Å². The molecule has 1 fully saturated rings. The van der Waals surface area contributed by atoms with Gasteiger partial charge in [-0.05, 0) is 48.5 Å². The van der Waals surface area contributed by atoms with Crippen molar-refractivity contribution in [1.82, 2.24) is 4.90 Å². The van der Waals surface area contributed by atoms with Gasteiger partial charge in [0.1, 0.15) is 11.5 Å². The molecule has 0 spiro atoms. The molecule has 1 aliphatic rings. The van der Waals surface area contributed by atoms with Crippen molar-refractivity contribution in [2.45, 2.75) is 0 Å². The fourth-order valence-electron chi connectivity index (χ4n) is 3.71. The minimum atomic E-state index is -0.510. The number of piperazine rings is 1. The van der Waals surface area contributed by atoms with Crippen LogP contribution >= 0.6 is 11.6 Å². The van der Waals surface area contributed by atoms with Crippen LogP contribution in [0.1, 0.15) is 15.9 Å². The first-order chi connectivity index (χ1) is 16.1. The highest BCUT2D eigenvalue weighted by Crippen LogP contribution is 2.21. The average Bonchev–Trinajstić information content (AvgIpc) is 2.88. The Balaban J connectivity index is 1.41. The Kier molecular flexibility index (Phi) is 7.60. The van der Waals surface area contributed by atoms with Crippen molar-refractivity contribution in [2.24, 2.45) is 5.16 Å². The Bertz CT molecular complexity index is 1080. The summed E-state index contributed by atoms with van der Waals surface area (Å²) in [5, 5.41) is 4.81. The normalized spacial score (nSPS) is 14.7. The second kappa shape index (κ2) is 11.0. The van der Waals surface area contributed by atoms with Gasteiger partial charge in [-0.15, -0.1) is 0 Å². The molecule has 3 aromatic carbocycles. The van der Waals surface area contributed by atoms with Gasteiger partial charge in [0.15, 0.2) is 0 Å². The molecule has 0 saturated carbocycles. The van der Waals surface area contributed by atoms with E-state index in [0.717, 1.165) is 43.2 Å². The zero-order chi connectivity index (χ0) is 23.0. The number of hydrogen-bond acceptors (Lipinski definition) is 6. The van der Waals surface area contributed by atoms with Crippen LogP contribution in [0.4, 0.5) is 5.69 Å². The molecule has 7 heteroatoms. The topological polar surface area (TPSA) is 54.4 Å². The van der Waals surface area contributed by atoms with Crippen LogP contribution in [0.25, 0.3) is 0 Å². The molecule has 0 amide bonds. The zero-order valence-corrected chi connectivity index (χ0v) is 19.2. The summed E-state index contributed by atoms with van der Waals surface area (Å²) >= 11 is 5.90. The van der Waals surface area contributed by atoms with Gasteiger partial charge in [-0.25, -0.2) is 4.79 Å². The van der Waals surface area contributed by atoms with Gasteiger partial charge in [-0.1, -0.05) is 47.1 Å². The first kappa shape index (κ1) is 22.8. The number of carbonyl (C=O) groups excluding carboxylic acids is 1. The molecule has 1 heterocycles. The highest BCUT2D eigenvalue weighted by atomic mass is 35.5. The van der Waals surface area contributed by atoms with Gasteiger partial charge in [-0.2, -0.15) is 0 Å². The molecule has 0 radical (unpaired) electrons. The SMILES string of the molecule is COc1ccc(N2CCN(C/C(=N\OC(=O)c3ccc(Cl)cc3)c3ccccc3)CC2)cc1. The lowest BCUT2D eigenvalue weighted by Crippen LogP contribution is -2.48. The number of rotatable bonds is 7. The van der Waals surface area contributed by atoms with Crippen molar-refractivity contribution in [3.63, 3.8) is 0 Å². The lowest BCUT2D eigenvalue weighted by Gasteiger charge is -2.36. The van der Waals surface area contributed by atoms with Crippen LogP contribution in [0.15, 0.2) is 84.0 Å². The molecule has 0 unspecified atom stereocenters. The Morgan fingerprint density at radius 3 is 2.18 bits per heavy atom. The van der Waals surface area contributed by atoms with E-state index in [1.165, 1.54) is 5.69 Å². The second-order valence-electron chi connectivity index (χ2n) is 7.75.